The van der Waals surface area contributed by atoms with Crippen molar-refractivity contribution in [1.29, 1.82) is 0 Å². The van der Waals surface area contributed by atoms with Crippen LogP contribution < -0.4 is 5.73 Å². The third-order valence-corrected chi connectivity index (χ3v) is 5.16. The van der Waals surface area contributed by atoms with Crippen molar-refractivity contribution in [3.8, 4) is 0 Å². The second-order valence-corrected chi connectivity index (χ2v) is 6.63. The van der Waals surface area contributed by atoms with Crippen molar-refractivity contribution in [3.05, 3.63) is 22.4 Å². The van der Waals surface area contributed by atoms with Gasteiger partial charge in [-0.15, -0.1) is 11.3 Å². The third kappa shape index (κ3) is 2.67. The Kier molecular flexibility index (Phi) is 3.70. The standard InChI is InChI=1S/C14H23NS/c1-11-5-6-12(2)14(15,10-11)8-7-13-4-3-9-16-13/h3-4,9,11-12H,5-8,10,15H2,1-2H3. The maximum atomic E-state index is 6.61. The lowest BCUT2D eigenvalue weighted by molar-refractivity contribution is 0.152. The SMILES string of the molecule is CC1CCC(C)C(N)(CCc2cccs2)C1. The number of rotatable bonds is 3. The van der Waals surface area contributed by atoms with Crippen molar-refractivity contribution < 1.29 is 0 Å². The minimum absolute atomic E-state index is 0.0850. The van der Waals surface area contributed by atoms with E-state index in [4.69, 9.17) is 5.73 Å². The van der Waals surface area contributed by atoms with Gasteiger partial charge in [-0.3, -0.25) is 0 Å². The van der Waals surface area contributed by atoms with Crippen molar-refractivity contribution in [2.24, 2.45) is 17.6 Å². The molecule has 3 unspecified atom stereocenters. The van der Waals surface area contributed by atoms with Gasteiger partial charge in [-0.2, -0.15) is 0 Å². The molecule has 0 aromatic carbocycles. The van der Waals surface area contributed by atoms with Crippen LogP contribution in [0.5, 0.6) is 0 Å². The van der Waals surface area contributed by atoms with Crippen LogP contribution in [0.3, 0.4) is 0 Å². The lowest BCUT2D eigenvalue weighted by atomic mass is 9.68. The molecule has 0 amide bonds. The zero-order valence-electron chi connectivity index (χ0n) is 10.4. The quantitative estimate of drug-likeness (QED) is 0.849. The summed E-state index contributed by atoms with van der Waals surface area (Å²) >= 11 is 1.86. The number of nitrogens with two attached hydrogens (primary N) is 1. The first-order valence-electron chi connectivity index (χ1n) is 6.41. The van der Waals surface area contributed by atoms with Crippen LogP contribution in [-0.4, -0.2) is 5.54 Å². The van der Waals surface area contributed by atoms with E-state index >= 15 is 0 Å². The zero-order valence-corrected chi connectivity index (χ0v) is 11.2. The average Bonchev–Trinajstić information content (AvgIpc) is 2.74. The van der Waals surface area contributed by atoms with Crippen molar-refractivity contribution in [3.63, 3.8) is 0 Å². The summed E-state index contributed by atoms with van der Waals surface area (Å²) < 4.78 is 0. The van der Waals surface area contributed by atoms with Crippen molar-refractivity contribution in [2.75, 3.05) is 0 Å². The number of hydrogen-bond donors (Lipinski definition) is 1. The van der Waals surface area contributed by atoms with E-state index in [0.29, 0.717) is 5.92 Å². The second kappa shape index (κ2) is 4.89. The predicted octanol–water partition coefficient (Wildman–Crippen LogP) is 3.83. The van der Waals surface area contributed by atoms with E-state index in [9.17, 15) is 0 Å². The third-order valence-electron chi connectivity index (χ3n) is 4.22. The topological polar surface area (TPSA) is 26.0 Å². The van der Waals surface area contributed by atoms with E-state index in [1.807, 2.05) is 11.3 Å². The lowest BCUT2D eigenvalue weighted by Gasteiger charge is -2.42. The van der Waals surface area contributed by atoms with Gasteiger partial charge in [-0.25, -0.2) is 0 Å². The summed E-state index contributed by atoms with van der Waals surface area (Å²) in [6.45, 7) is 4.68. The van der Waals surface area contributed by atoms with Crippen molar-refractivity contribution in [1.82, 2.24) is 0 Å². The van der Waals surface area contributed by atoms with E-state index < -0.39 is 0 Å². The maximum absolute atomic E-state index is 6.61. The molecule has 0 saturated heterocycles. The molecule has 1 aliphatic rings. The molecule has 0 spiro atoms. The Morgan fingerprint density at radius 3 is 2.94 bits per heavy atom. The van der Waals surface area contributed by atoms with Gasteiger partial charge in [0, 0.05) is 10.4 Å². The Hall–Kier alpha value is -0.340. The highest BCUT2D eigenvalue weighted by atomic mass is 32.1. The summed E-state index contributed by atoms with van der Waals surface area (Å²) in [4.78, 5) is 1.48. The minimum Gasteiger partial charge on any atom is -0.325 e. The summed E-state index contributed by atoms with van der Waals surface area (Å²) in [5, 5.41) is 2.16. The molecule has 2 heteroatoms. The Balaban J connectivity index is 1.95. The Bertz CT molecular complexity index is 319. The van der Waals surface area contributed by atoms with Gasteiger partial charge in [0.15, 0.2) is 0 Å². The first-order valence-corrected chi connectivity index (χ1v) is 7.29. The maximum Gasteiger partial charge on any atom is 0.0186 e. The molecule has 1 fully saturated rings. The van der Waals surface area contributed by atoms with Crippen LogP contribution in [-0.2, 0) is 6.42 Å². The van der Waals surface area contributed by atoms with E-state index in [-0.39, 0.29) is 5.54 Å². The Morgan fingerprint density at radius 1 is 1.44 bits per heavy atom. The molecule has 1 aliphatic carbocycles. The molecule has 0 aliphatic heterocycles. The molecular weight excluding hydrogens is 214 g/mol. The van der Waals surface area contributed by atoms with Crippen molar-refractivity contribution in [2.45, 2.75) is 51.5 Å². The fourth-order valence-electron chi connectivity index (χ4n) is 2.93. The van der Waals surface area contributed by atoms with Gasteiger partial charge in [-0.1, -0.05) is 26.3 Å². The normalized spacial score (nSPS) is 35.2. The average molecular weight is 237 g/mol. The first kappa shape index (κ1) is 12.1. The molecular formula is C14H23NS. The van der Waals surface area contributed by atoms with Gasteiger partial charge in [0.25, 0.3) is 0 Å². The molecule has 2 N–H and O–H groups in total. The fourth-order valence-corrected chi connectivity index (χ4v) is 3.64. The second-order valence-electron chi connectivity index (χ2n) is 5.60. The molecule has 0 bridgehead atoms. The van der Waals surface area contributed by atoms with Gasteiger partial charge in [0.05, 0.1) is 0 Å². The first-order chi connectivity index (χ1) is 7.60. The largest absolute Gasteiger partial charge is 0.325 e. The molecule has 0 radical (unpaired) electrons. The lowest BCUT2D eigenvalue weighted by Crippen LogP contribution is -2.50. The van der Waals surface area contributed by atoms with Gasteiger partial charge in [0.2, 0.25) is 0 Å². The van der Waals surface area contributed by atoms with E-state index in [0.717, 1.165) is 18.8 Å². The smallest absolute Gasteiger partial charge is 0.0186 e. The minimum atomic E-state index is 0.0850. The highest BCUT2D eigenvalue weighted by molar-refractivity contribution is 7.09. The van der Waals surface area contributed by atoms with Gasteiger partial charge in [-0.05, 0) is 49.0 Å². The van der Waals surface area contributed by atoms with E-state index in [2.05, 4.69) is 31.4 Å². The van der Waals surface area contributed by atoms with Crippen LogP contribution in [0.2, 0.25) is 0 Å². The summed E-state index contributed by atoms with van der Waals surface area (Å²) in [5.41, 5.74) is 6.70. The highest BCUT2D eigenvalue weighted by Gasteiger charge is 2.36. The molecule has 2 rings (SSSR count). The molecule has 1 aromatic rings. The van der Waals surface area contributed by atoms with E-state index in [1.165, 1.54) is 24.1 Å². The van der Waals surface area contributed by atoms with Crippen LogP contribution in [0.1, 0.15) is 44.4 Å². The van der Waals surface area contributed by atoms with Crippen LogP contribution in [0.15, 0.2) is 17.5 Å². The van der Waals surface area contributed by atoms with Gasteiger partial charge >= 0.3 is 0 Å². The van der Waals surface area contributed by atoms with E-state index in [1.54, 1.807) is 0 Å². The summed E-state index contributed by atoms with van der Waals surface area (Å²) in [6.07, 6.45) is 6.19. The zero-order chi connectivity index (χ0) is 11.6. The monoisotopic (exact) mass is 237 g/mol. The highest BCUT2D eigenvalue weighted by Crippen LogP contribution is 2.38. The van der Waals surface area contributed by atoms with Gasteiger partial charge < -0.3 is 5.73 Å². The summed E-state index contributed by atoms with van der Waals surface area (Å²) in [5.74, 6) is 1.49. The molecule has 1 aromatic heterocycles. The molecule has 1 saturated carbocycles. The molecule has 3 atom stereocenters. The number of thiophene rings is 1. The molecule has 1 nitrogen and oxygen atoms in total. The van der Waals surface area contributed by atoms with Crippen LogP contribution in [0.25, 0.3) is 0 Å². The summed E-state index contributed by atoms with van der Waals surface area (Å²) in [6, 6.07) is 4.36. The molecule has 90 valence electrons. The Morgan fingerprint density at radius 2 is 2.25 bits per heavy atom. The van der Waals surface area contributed by atoms with Crippen LogP contribution >= 0.6 is 11.3 Å². The number of hydrogen-bond acceptors (Lipinski definition) is 2. The van der Waals surface area contributed by atoms with Crippen LogP contribution in [0, 0.1) is 11.8 Å². The Labute approximate surface area is 103 Å². The number of aryl methyl sites for hydroxylation is 1. The van der Waals surface area contributed by atoms with Crippen molar-refractivity contribution >= 4 is 11.3 Å². The van der Waals surface area contributed by atoms with Crippen LogP contribution in [0.4, 0.5) is 0 Å². The fraction of sp³-hybridized carbons (Fsp3) is 0.714. The van der Waals surface area contributed by atoms with Gasteiger partial charge in [0.1, 0.15) is 0 Å². The summed E-state index contributed by atoms with van der Waals surface area (Å²) in [7, 11) is 0. The molecule has 16 heavy (non-hydrogen) atoms. The predicted molar refractivity (Wildman–Crippen MR) is 71.7 cm³/mol. The molecule has 1 heterocycles.